The van der Waals surface area contributed by atoms with Gasteiger partial charge in [-0.25, -0.2) is 0 Å². The van der Waals surface area contributed by atoms with Gasteiger partial charge >= 0.3 is 0 Å². The van der Waals surface area contributed by atoms with Crippen molar-refractivity contribution in [2.45, 2.75) is 39.5 Å². The number of hydrogen-bond acceptors (Lipinski definition) is 4. The number of benzene rings is 1. The van der Waals surface area contributed by atoms with Crippen molar-refractivity contribution in [3.63, 3.8) is 0 Å². The molecule has 0 heterocycles. The molecule has 1 aromatic rings. The van der Waals surface area contributed by atoms with E-state index in [0.29, 0.717) is 30.1 Å². The molecule has 0 unspecified atom stereocenters. The molecule has 0 aliphatic heterocycles. The molecule has 122 valence electrons. The molecule has 22 heavy (non-hydrogen) atoms. The van der Waals surface area contributed by atoms with E-state index in [1.807, 2.05) is 6.92 Å². The average Bonchev–Trinajstić information content (AvgIpc) is 2.53. The van der Waals surface area contributed by atoms with Crippen molar-refractivity contribution in [2.75, 3.05) is 13.7 Å². The van der Waals surface area contributed by atoms with Crippen molar-refractivity contribution in [3.05, 3.63) is 23.8 Å². The molecule has 6 nitrogen and oxygen atoms in total. The van der Waals surface area contributed by atoms with E-state index in [1.165, 1.54) is 7.11 Å². The van der Waals surface area contributed by atoms with Crippen LogP contribution in [0, 0.1) is 0 Å². The van der Waals surface area contributed by atoms with Gasteiger partial charge in [-0.05, 0) is 31.5 Å². The van der Waals surface area contributed by atoms with Crippen molar-refractivity contribution in [2.24, 2.45) is 0 Å². The van der Waals surface area contributed by atoms with E-state index in [0.717, 1.165) is 19.3 Å². The smallest absolute Gasteiger partial charge is 0.269 e. The van der Waals surface area contributed by atoms with Crippen LogP contribution in [-0.4, -0.2) is 25.5 Å². The lowest BCUT2D eigenvalue weighted by atomic mass is 10.2. The Kier molecular flexibility index (Phi) is 7.81. The highest BCUT2D eigenvalue weighted by atomic mass is 16.5. The van der Waals surface area contributed by atoms with Crippen LogP contribution in [0.15, 0.2) is 18.2 Å². The minimum atomic E-state index is -0.398. The molecule has 0 aliphatic rings. The predicted octanol–water partition coefficient (Wildman–Crippen LogP) is 2.44. The standard InChI is InChI=1S/C16H24N2O4/c1-4-6-7-8-15(19)17-18-16(20)12-9-10-13(22-5-2)14(11-12)21-3/h9-11H,4-8H2,1-3H3,(H,17,19)(H,18,20). The summed E-state index contributed by atoms with van der Waals surface area (Å²) in [4.78, 5) is 23.5. The summed E-state index contributed by atoms with van der Waals surface area (Å²) in [6.07, 6.45) is 3.26. The molecular weight excluding hydrogens is 284 g/mol. The molecule has 0 atom stereocenters. The zero-order valence-corrected chi connectivity index (χ0v) is 13.4. The molecular formula is C16H24N2O4. The Hall–Kier alpha value is -2.24. The molecule has 0 saturated heterocycles. The second kappa shape index (κ2) is 9.65. The van der Waals surface area contributed by atoms with Gasteiger partial charge in [-0.2, -0.15) is 0 Å². The van der Waals surface area contributed by atoms with Gasteiger partial charge < -0.3 is 9.47 Å². The number of amides is 2. The Bertz CT molecular complexity index is 503. The highest BCUT2D eigenvalue weighted by molar-refractivity contribution is 5.96. The third-order valence-electron chi connectivity index (χ3n) is 3.05. The summed E-state index contributed by atoms with van der Waals surface area (Å²) in [6, 6.07) is 4.86. The molecule has 0 radical (unpaired) electrons. The van der Waals surface area contributed by atoms with Crippen LogP contribution in [0.5, 0.6) is 11.5 Å². The highest BCUT2D eigenvalue weighted by Crippen LogP contribution is 2.27. The van der Waals surface area contributed by atoms with Gasteiger partial charge in [0.15, 0.2) is 11.5 Å². The van der Waals surface area contributed by atoms with Crippen LogP contribution in [0.3, 0.4) is 0 Å². The summed E-state index contributed by atoms with van der Waals surface area (Å²) < 4.78 is 10.6. The third kappa shape index (κ3) is 5.63. The Morgan fingerprint density at radius 1 is 1.09 bits per heavy atom. The van der Waals surface area contributed by atoms with E-state index in [9.17, 15) is 9.59 Å². The van der Waals surface area contributed by atoms with Crippen molar-refractivity contribution in [1.29, 1.82) is 0 Å². The van der Waals surface area contributed by atoms with Gasteiger partial charge in [0.25, 0.3) is 5.91 Å². The predicted molar refractivity (Wildman–Crippen MR) is 83.9 cm³/mol. The van der Waals surface area contributed by atoms with Gasteiger partial charge in [-0.1, -0.05) is 19.8 Å². The van der Waals surface area contributed by atoms with Crippen LogP contribution in [-0.2, 0) is 4.79 Å². The SMILES string of the molecule is CCCCCC(=O)NNC(=O)c1ccc(OCC)c(OC)c1. The lowest BCUT2D eigenvalue weighted by Crippen LogP contribution is -2.41. The van der Waals surface area contributed by atoms with Crippen molar-refractivity contribution in [3.8, 4) is 11.5 Å². The highest BCUT2D eigenvalue weighted by Gasteiger charge is 2.11. The maximum atomic E-state index is 12.0. The lowest BCUT2D eigenvalue weighted by Gasteiger charge is -2.11. The minimum Gasteiger partial charge on any atom is -0.493 e. The summed E-state index contributed by atoms with van der Waals surface area (Å²) in [6.45, 7) is 4.45. The topological polar surface area (TPSA) is 76.7 Å². The zero-order chi connectivity index (χ0) is 16.4. The van der Waals surface area contributed by atoms with Gasteiger partial charge in [-0.15, -0.1) is 0 Å². The summed E-state index contributed by atoms with van der Waals surface area (Å²) in [5.74, 6) is 0.457. The minimum absolute atomic E-state index is 0.195. The fraction of sp³-hybridized carbons (Fsp3) is 0.500. The number of hydrogen-bond donors (Lipinski definition) is 2. The van der Waals surface area contributed by atoms with Gasteiger partial charge in [-0.3, -0.25) is 20.4 Å². The molecule has 0 bridgehead atoms. The maximum Gasteiger partial charge on any atom is 0.269 e. The fourth-order valence-electron chi connectivity index (χ4n) is 1.88. The first kappa shape index (κ1) is 17.8. The van der Waals surface area contributed by atoms with Crippen LogP contribution in [0.25, 0.3) is 0 Å². The van der Waals surface area contributed by atoms with E-state index in [1.54, 1.807) is 18.2 Å². The van der Waals surface area contributed by atoms with E-state index >= 15 is 0 Å². The van der Waals surface area contributed by atoms with Crippen LogP contribution in [0.4, 0.5) is 0 Å². The molecule has 0 saturated carbocycles. The fourth-order valence-corrected chi connectivity index (χ4v) is 1.88. The second-order valence-corrected chi connectivity index (χ2v) is 4.76. The van der Waals surface area contributed by atoms with Crippen molar-refractivity contribution < 1.29 is 19.1 Å². The van der Waals surface area contributed by atoms with Crippen LogP contribution >= 0.6 is 0 Å². The molecule has 6 heteroatoms. The summed E-state index contributed by atoms with van der Waals surface area (Å²) in [7, 11) is 1.51. The number of carbonyl (C=O) groups is 2. The number of methoxy groups -OCH3 is 1. The molecule has 0 aromatic heterocycles. The second-order valence-electron chi connectivity index (χ2n) is 4.76. The Morgan fingerprint density at radius 2 is 1.86 bits per heavy atom. The molecule has 0 aliphatic carbocycles. The quantitative estimate of drug-likeness (QED) is 0.571. The van der Waals surface area contributed by atoms with Gasteiger partial charge in [0, 0.05) is 12.0 Å². The monoisotopic (exact) mass is 308 g/mol. The summed E-state index contributed by atoms with van der Waals surface area (Å²) in [5, 5.41) is 0. The first-order valence-electron chi connectivity index (χ1n) is 7.52. The third-order valence-corrected chi connectivity index (χ3v) is 3.05. The maximum absolute atomic E-state index is 12.0. The van der Waals surface area contributed by atoms with Crippen molar-refractivity contribution >= 4 is 11.8 Å². The summed E-state index contributed by atoms with van der Waals surface area (Å²) >= 11 is 0. The molecule has 0 fully saturated rings. The van der Waals surface area contributed by atoms with Crippen LogP contribution in [0.1, 0.15) is 49.9 Å². The molecule has 2 N–H and O–H groups in total. The lowest BCUT2D eigenvalue weighted by molar-refractivity contribution is -0.121. The van der Waals surface area contributed by atoms with E-state index in [-0.39, 0.29) is 5.91 Å². The Morgan fingerprint density at radius 3 is 2.50 bits per heavy atom. The molecule has 2 amide bonds. The van der Waals surface area contributed by atoms with Gasteiger partial charge in [0.2, 0.25) is 5.91 Å². The normalized spacial score (nSPS) is 9.95. The molecule has 0 spiro atoms. The Labute approximate surface area is 131 Å². The first-order valence-corrected chi connectivity index (χ1v) is 7.52. The largest absolute Gasteiger partial charge is 0.493 e. The number of rotatable bonds is 8. The summed E-state index contributed by atoms with van der Waals surface area (Å²) in [5.41, 5.74) is 5.18. The Balaban J connectivity index is 2.56. The van der Waals surface area contributed by atoms with Gasteiger partial charge in [0.1, 0.15) is 0 Å². The number of nitrogens with one attached hydrogen (secondary N) is 2. The van der Waals surface area contributed by atoms with E-state index in [4.69, 9.17) is 9.47 Å². The number of carbonyl (C=O) groups excluding carboxylic acids is 2. The van der Waals surface area contributed by atoms with Gasteiger partial charge in [0.05, 0.1) is 13.7 Å². The molecule has 1 aromatic carbocycles. The van der Waals surface area contributed by atoms with Crippen molar-refractivity contribution in [1.82, 2.24) is 10.9 Å². The van der Waals surface area contributed by atoms with Crippen LogP contribution in [0.2, 0.25) is 0 Å². The molecule has 1 rings (SSSR count). The zero-order valence-electron chi connectivity index (χ0n) is 13.4. The first-order chi connectivity index (χ1) is 10.6. The van der Waals surface area contributed by atoms with E-state index < -0.39 is 5.91 Å². The van der Waals surface area contributed by atoms with Crippen LogP contribution < -0.4 is 20.3 Å². The number of ether oxygens (including phenoxy) is 2. The number of unbranched alkanes of at least 4 members (excludes halogenated alkanes) is 2. The van der Waals surface area contributed by atoms with E-state index in [2.05, 4.69) is 17.8 Å². The number of hydrazine groups is 1. The average molecular weight is 308 g/mol.